The minimum absolute atomic E-state index is 0.00587. The van der Waals surface area contributed by atoms with Crippen LogP contribution in [-0.4, -0.2) is 15.8 Å². The molecule has 126 valence electrons. The van der Waals surface area contributed by atoms with Crippen molar-refractivity contribution in [2.24, 2.45) is 11.8 Å². The Morgan fingerprint density at radius 3 is 2.71 bits per heavy atom. The highest BCUT2D eigenvalue weighted by atomic mass is 35.5. The summed E-state index contributed by atoms with van der Waals surface area (Å²) in [5.74, 6) is 1.45. The summed E-state index contributed by atoms with van der Waals surface area (Å²) < 4.78 is 0. The molecule has 0 radical (unpaired) electrons. The van der Waals surface area contributed by atoms with Gasteiger partial charge in [-0.1, -0.05) is 6.07 Å². The largest absolute Gasteiger partial charge is 0.297 e. The Morgan fingerprint density at radius 1 is 1.25 bits per heavy atom. The summed E-state index contributed by atoms with van der Waals surface area (Å²) in [4.78, 5) is 17.8. The molecule has 4 aliphatic rings. The summed E-state index contributed by atoms with van der Waals surface area (Å²) in [6, 6.07) is 3.73. The lowest BCUT2D eigenvalue weighted by Gasteiger charge is -2.59. The summed E-state index contributed by atoms with van der Waals surface area (Å²) in [7, 11) is 0. The number of nitrogens with zero attached hydrogens (tertiary/aromatic N) is 1. The highest BCUT2D eigenvalue weighted by molar-refractivity contribution is 7.14. The molecule has 0 spiro atoms. The van der Waals surface area contributed by atoms with E-state index in [4.69, 9.17) is 16.6 Å². The van der Waals surface area contributed by atoms with Gasteiger partial charge in [0.25, 0.3) is 5.91 Å². The number of anilines is 1. The van der Waals surface area contributed by atoms with Crippen LogP contribution in [0.5, 0.6) is 0 Å². The molecule has 1 amide bonds. The molecule has 4 saturated carbocycles. The molecule has 4 aliphatic carbocycles. The predicted octanol–water partition coefficient (Wildman–Crippen LogP) is 5.29. The lowest BCUT2D eigenvalue weighted by molar-refractivity contribution is 0.00720. The lowest BCUT2D eigenvalue weighted by Crippen LogP contribution is -2.55. The number of rotatable bonds is 3. The van der Waals surface area contributed by atoms with Crippen LogP contribution in [0.4, 0.5) is 5.13 Å². The second-order valence-electron chi connectivity index (χ2n) is 7.86. The fraction of sp³-hybridized carbons (Fsp3) is 0.556. The average Bonchev–Trinajstić information content (AvgIpc) is 3.16. The van der Waals surface area contributed by atoms with Crippen molar-refractivity contribution >= 4 is 45.3 Å². The number of carbonyl (C=O) groups excluding carboxylic acids is 1. The van der Waals surface area contributed by atoms with Crippen molar-refractivity contribution in [2.45, 2.75) is 48.8 Å². The van der Waals surface area contributed by atoms with E-state index in [0.29, 0.717) is 5.13 Å². The predicted molar refractivity (Wildman–Crippen MR) is 99.3 cm³/mol. The van der Waals surface area contributed by atoms with Gasteiger partial charge < -0.3 is 0 Å². The van der Waals surface area contributed by atoms with Gasteiger partial charge in [0.15, 0.2) is 5.13 Å². The molecule has 2 aromatic rings. The zero-order valence-electron chi connectivity index (χ0n) is 13.3. The number of alkyl halides is 1. The van der Waals surface area contributed by atoms with E-state index >= 15 is 0 Å². The molecule has 4 bridgehead atoms. The Morgan fingerprint density at radius 2 is 2.04 bits per heavy atom. The number of aromatic nitrogens is 1. The SMILES string of the molecule is O=C(Nc1nc(C23CC4CC(CC(Cl)(C4)C2)C3)cs1)c1cccs1. The molecule has 2 atom stereocenters. The van der Waals surface area contributed by atoms with Crippen LogP contribution in [0.15, 0.2) is 22.9 Å². The van der Waals surface area contributed by atoms with Crippen LogP contribution in [0.1, 0.15) is 53.9 Å². The second kappa shape index (κ2) is 5.29. The smallest absolute Gasteiger partial charge is 0.267 e. The number of nitrogens with one attached hydrogen (secondary N) is 1. The maximum Gasteiger partial charge on any atom is 0.267 e. The van der Waals surface area contributed by atoms with Gasteiger partial charge in [-0.25, -0.2) is 4.98 Å². The summed E-state index contributed by atoms with van der Waals surface area (Å²) in [6.45, 7) is 0. The maximum atomic E-state index is 12.2. The minimum atomic E-state index is -0.0646. The summed E-state index contributed by atoms with van der Waals surface area (Å²) in [5.41, 5.74) is 1.31. The molecule has 0 aromatic carbocycles. The van der Waals surface area contributed by atoms with E-state index in [1.54, 1.807) is 11.3 Å². The molecular formula is C18H19ClN2OS2. The molecule has 0 saturated heterocycles. The normalized spacial score (nSPS) is 36.9. The summed E-state index contributed by atoms with van der Waals surface area (Å²) >= 11 is 9.93. The topological polar surface area (TPSA) is 42.0 Å². The molecule has 24 heavy (non-hydrogen) atoms. The van der Waals surface area contributed by atoms with Crippen molar-refractivity contribution in [1.82, 2.24) is 4.98 Å². The Balaban J connectivity index is 1.40. The molecule has 2 aromatic heterocycles. The molecule has 6 rings (SSSR count). The average molecular weight is 379 g/mol. The van der Waals surface area contributed by atoms with Gasteiger partial charge in [0, 0.05) is 15.7 Å². The number of carbonyl (C=O) groups is 1. The van der Waals surface area contributed by atoms with E-state index in [1.165, 1.54) is 43.4 Å². The Hall–Kier alpha value is -0.910. The Kier molecular flexibility index (Phi) is 3.39. The van der Waals surface area contributed by atoms with Crippen LogP contribution in [-0.2, 0) is 5.41 Å². The van der Waals surface area contributed by atoms with Crippen molar-refractivity contribution in [2.75, 3.05) is 5.32 Å². The first-order chi connectivity index (χ1) is 11.5. The standard InChI is InChI=1S/C18H19ClN2OS2/c19-18-7-11-4-12(8-18)6-17(5-11,10-18)14-9-24-16(20-14)21-15(22)13-2-1-3-23-13/h1-3,9,11-12H,4-8,10H2,(H,20,21,22). The van der Waals surface area contributed by atoms with Crippen molar-refractivity contribution in [3.05, 3.63) is 33.5 Å². The lowest BCUT2D eigenvalue weighted by atomic mass is 9.48. The van der Waals surface area contributed by atoms with Crippen LogP contribution in [0.2, 0.25) is 0 Å². The number of thiazole rings is 1. The van der Waals surface area contributed by atoms with Crippen molar-refractivity contribution in [3.63, 3.8) is 0 Å². The molecule has 4 fully saturated rings. The first-order valence-electron chi connectivity index (χ1n) is 8.53. The van der Waals surface area contributed by atoms with E-state index in [-0.39, 0.29) is 16.2 Å². The van der Waals surface area contributed by atoms with Crippen molar-refractivity contribution in [3.8, 4) is 0 Å². The third kappa shape index (κ3) is 2.44. The first-order valence-corrected chi connectivity index (χ1v) is 10.7. The quantitative estimate of drug-likeness (QED) is 0.737. The molecule has 0 aliphatic heterocycles. The van der Waals surface area contributed by atoms with E-state index in [2.05, 4.69) is 10.7 Å². The van der Waals surface area contributed by atoms with E-state index < -0.39 is 0 Å². The van der Waals surface area contributed by atoms with Crippen LogP contribution < -0.4 is 5.32 Å². The third-order valence-corrected chi connectivity index (χ3v) is 8.07. The molecule has 6 heteroatoms. The molecule has 2 unspecified atom stereocenters. The van der Waals surface area contributed by atoms with E-state index in [1.807, 2.05) is 17.5 Å². The van der Waals surface area contributed by atoms with Gasteiger partial charge in [0.1, 0.15) is 0 Å². The highest BCUT2D eigenvalue weighted by Crippen LogP contribution is 2.64. The Bertz CT molecular complexity index is 771. The third-order valence-electron chi connectivity index (χ3n) is 6.00. The maximum absolute atomic E-state index is 12.2. The van der Waals surface area contributed by atoms with Crippen LogP contribution in [0.3, 0.4) is 0 Å². The van der Waals surface area contributed by atoms with Gasteiger partial charge in [-0.15, -0.1) is 34.3 Å². The highest BCUT2D eigenvalue weighted by Gasteiger charge is 2.58. The second-order valence-corrected chi connectivity index (χ2v) is 10.5. The van der Waals surface area contributed by atoms with Crippen molar-refractivity contribution in [1.29, 1.82) is 0 Å². The number of halogens is 1. The van der Waals surface area contributed by atoms with Crippen LogP contribution in [0.25, 0.3) is 0 Å². The van der Waals surface area contributed by atoms with Crippen molar-refractivity contribution < 1.29 is 4.79 Å². The molecule has 2 heterocycles. The van der Waals surface area contributed by atoms with Crippen LogP contribution in [0, 0.1) is 11.8 Å². The van der Waals surface area contributed by atoms with Gasteiger partial charge >= 0.3 is 0 Å². The summed E-state index contributed by atoms with van der Waals surface area (Å²) in [6.07, 6.45) is 7.21. The van der Waals surface area contributed by atoms with E-state index in [0.717, 1.165) is 28.8 Å². The number of thiophene rings is 1. The van der Waals surface area contributed by atoms with Gasteiger partial charge in [0.05, 0.1) is 10.6 Å². The Labute approximate surface area is 154 Å². The monoisotopic (exact) mass is 378 g/mol. The van der Waals surface area contributed by atoms with Gasteiger partial charge in [-0.05, 0) is 61.8 Å². The number of hydrogen-bond donors (Lipinski definition) is 1. The zero-order valence-corrected chi connectivity index (χ0v) is 15.6. The fourth-order valence-corrected chi connectivity index (χ4v) is 7.73. The minimum Gasteiger partial charge on any atom is -0.297 e. The molecule has 3 nitrogen and oxygen atoms in total. The molecule has 1 N–H and O–H groups in total. The fourth-order valence-electron chi connectivity index (χ4n) is 5.59. The van der Waals surface area contributed by atoms with E-state index in [9.17, 15) is 4.79 Å². The zero-order chi connectivity index (χ0) is 16.4. The number of hydrogen-bond acceptors (Lipinski definition) is 4. The first kappa shape index (κ1) is 15.4. The van der Waals surface area contributed by atoms with Gasteiger partial charge in [-0.3, -0.25) is 10.1 Å². The van der Waals surface area contributed by atoms with Gasteiger partial charge in [-0.2, -0.15) is 0 Å². The number of amides is 1. The summed E-state index contributed by atoms with van der Waals surface area (Å²) in [5, 5.41) is 7.73. The molecular weight excluding hydrogens is 360 g/mol. The van der Waals surface area contributed by atoms with Gasteiger partial charge in [0.2, 0.25) is 0 Å². The van der Waals surface area contributed by atoms with Crippen LogP contribution >= 0.6 is 34.3 Å².